The van der Waals surface area contributed by atoms with Gasteiger partial charge in [-0.25, -0.2) is 12.2 Å². The van der Waals surface area contributed by atoms with Gasteiger partial charge in [-0.15, -0.1) is 11.1 Å². The number of allylic oxidation sites excluding steroid dienone is 2. The van der Waals surface area contributed by atoms with E-state index in [1.165, 1.54) is 49.3 Å². The number of rotatable bonds is 5. The number of hydrogen-bond acceptors (Lipinski definition) is 0. The maximum absolute atomic E-state index is 3.90. The van der Waals surface area contributed by atoms with Gasteiger partial charge in [0.05, 0.1) is 0 Å². The summed E-state index contributed by atoms with van der Waals surface area (Å²) >= 11 is 7.80. The largest absolute Gasteiger partial charge is 4.00 e. The van der Waals surface area contributed by atoms with E-state index >= 15 is 0 Å². The fraction of sp³-hybridized carbons (Fsp3) is 0.0526. The molecule has 0 saturated heterocycles. The molecule has 0 spiro atoms. The van der Waals surface area contributed by atoms with Crippen LogP contribution < -0.4 is 15.9 Å². The van der Waals surface area contributed by atoms with Gasteiger partial charge in [0.25, 0.3) is 0 Å². The van der Waals surface area contributed by atoms with Crippen LogP contribution in [0.25, 0.3) is 12.2 Å². The van der Waals surface area contributed by atoms with E-state index in [4.69, 9.17) is 0 Å². The van der Waals surface area contributed by atoms with Gasteiger partial charge in [0.1, 0.15) is 0 Å². The molecule has 2 atom stereocenters. The molecule has 0 radical (unpaired) electrons. The Hall–Kier alpha value is -2.15. The summed E-state index contributed by atoms with van der Waals surface area (Å²) in [5.41, 5.74) is 7.72. The van der Waals surface area contributed by atoms with Crippen molar-refractivity contribution in [2.75, 3.05) is 0 Å². The molecule has 42 heavy (non-hydrogen) atoms. The van der Waals surface area contributed by atoms with Gasteiger partial charge in [-0.05, 0) is 13.2 Å². The van der Waals surface area contributed by atoms with Crippen molar-refractivity contribution in [2.45, 2.75) is 11.8 Å². The molecule has 2 aliphatic rings. The Morgan fingerprint density at radius 2 is 0.881 bits per heavy atom. The zero-order chi connectivity index (χ0) is 26.3. The molecular weight excluding hydrogens is 738 g/mol. The molecule has 0 heterocycles. The standard InChI is InChI=1S/C36H23Br2P.2CH3.Zr/c37-31-20-22-33(29-18-16-27(35(29)31)24-10-4-1-5-11-24)39(26-14-8-3-9-15-26)34-23-21-32(38)36-28(17-19-30(34)36)25-12-6-2-7-13-25;;;/h1-15,18-23,27-28H;2*1H3;/q-2;2*-1;+4. The molecule has 2 unspecified atom stereocenters. The van der Waals surface area contributed by atoms with Crippen LogP contribution in [0.1, 0.15) is 45.2 Å². The minimum atomic E-state index is -0.836. The third-order valence-electron chi connectivity index (χ3n) is 7.55. The average molecular weight is 768 g/mol. The van der Waals surface area contributed by atoms with Crippen LogP contribution in [0.15, 0.2) is 124 Å². The van der Waals surface area contributed by atoms with Crippen LogP contribution in [-0.4, -0.2) is 0 Å². The number of fused-ring (bicyclic) bond motifs is 2. The normalized spacial score (nSPS) is 16.4. The molecule has 0 aromatic heterocycles. The van der Waals surface area contributed by atoms with Crippen molar-refractivity contribution in [3.8, 4) is 0 Å². The summed E-state index contributed by atoms with van der Waals surface area (Å²) in [6.45, 7) is 0. The fourth-order valence-electron chi connectivity index (χ4n) is 5.78. The molecule has 0 fully saturated rings. The smallest absolute Gasteiger partial charge is 0.358 e. The maximum atomic E-state index is 3.90. The Morgan fingerprint density at radius 1 is 0.500 bits per heavy atom. The van der Waals surface area contributed by atoms with E-state index in [1.54, 1.807) is 0 Å². The Labute approximate surface area is 288 Å². The van der Waals surface area contributed by atoms with E-state index < -0.39 is 7.92 Å². The van der Waals surface area contributed by atoms with Crippen LogP contribution in [-0.2, 0) is 26.2 Å². The molecule has 204 valence electrons. The third kappa shape index (κ3) is 5.84. The van der Waals surface area contributed by atoms with Gasteiger partial charge in [0.2, 0.25) is 0 Å². The van der Waals surface area contributed by atoms with Crippen molar-refractivity contribution in [1.82, 2.24) is 0 Å². The van der Waals surface area contributed by atoms with E-state index in [2.05, 4.69) is 171 Å². The summed E-state index contributed by atoms with van der Waals surface area (Å²) < 4.78 is 2.27. The molecule has 7 rings (SSSR count). The summed E-state index contributed by atoms with van der Waals surface area (Å²) in [7, 11) is -0.836. The molecule has 4 heteroatoms. The van der Waals surface area contributed by atoms with Gasteiger partial charge in [-0.2, -0.15) is 11.1 Å². The first kappa shape index (κ1) is 32.8. The van der Waals surface area contributed by atoms with Crippen LogP contribution in [0, 0.1) is 27.0 Å². The molecule has 0 nitrogen and oxygen atoms in total. The fourth-order valence-corrected chi connectivity index (χ4v) is 9.51. The third-order valence-corrected chi connectivity index (χ3v) is 11.5. The van der Waals surface area contributed by atoms with E-state index in [9.17, 15) is 0 Å². The molecule has 5 aromatic rings. The molecule has 0 bridgehead atoms. The summed E-state index contributed by atoms with van der Waals surface area (Å²) in [6.07, 6.45) is 11.8. The van der Waals surface area contributed by atoms with Crippen LogP contribution in [0.3, 0.4) is 0 Å². The molecular formula is C38H29Br2PZr. The SMILES string of the molecule is Brc1ccc(P(c2ccccc2)c2ccc(Br)c3c2C=[C-]C3c2ccccc2)c2c1C(c1ccccc1)[C-]=C2.[CH3-].[CH3-].[Zr+4]. The van der Waals surface area contributed by atoms with Gasteiger partial charge in [-0.3, -0.25) is 12.2 Å². The second kappa shape index (κ2) is 14.1. The molecule has 2 aliphatic carbocycles. The van der Waals surface area contributed by atoms with Crippen LogP contribution in [0.2, 0.25) is 0 Å². The number of benzene rings is 5. The van der Waals surface area contributed by atoms with Gasteiger partial charge in [-0.1, -0.05) is 181 Å². The van der Waals surface area contributed by atoms with Gasteiger partial charge < -0.3 is 14.9 Å². The second-order valence-electron chi connectivity index (χ2n) is 9.77. The first-order valence-corrected chi connectivity index (χ1v) is 15.9. The molecule has 5 aromatic carbocycles. The first-order valence-electron chi connectivity index (χ1n) is 13.0. The van der Waals surface area contributed by atoms with Crippen LogP contribution >= 0.6 is 39.8 Å². The van der Waals surface area contributed by atoms with Crippen molar-refractivity contribution >= 4 is 67.8 Å². The summed E-state index contributed by atoms with van der Waals surface area (Å²) in [5, 5.41) is 4.07. The Morgan fingerprint density at radius 3 is 1.29 bits per heavy atom. The minimum absolute atomic E-state index is 0. The maximum Gasteiger partial charge on any atom is 4.00 e. The quantitative estimate of drug-likeness (QED) is 0.124. The van der Waals surface area contributed by atoms with Crippen LogP contribution in [0.4, 0.5) is 0 Å². The average Bonchev–Trinajstić information content (AvgIpc) is 3.64. The van der Waals surface area contributed by atoms with Gasteiger partial charge in [0.15, 0.2) is 0 Å². The van der Waals surface area contributed by atoms with Crippen molar-refractivity contribution in [1.29, 1.82) is 0 Å². The Kier molecular flexibility index (Phi) is 11.0. The molecule has 0 N–H and O–H groups in total. The molecule has 0 amide bonds. The summed E-state index contributed by atoms with van der Waals surface area (Å²) in [4.78, 5) is 0. The molecule has 0 aliphatic heterocycles. The summed E-state index contributed by atoms with van der Waals surface area (Å²) in [6, 6.07) is 41.5. The van der Waals surface area contributed by atoms with Crippen molar-refractivity contribution in [2.24, 2.45) is 0 Å². The monoisotopic (exact) mass is 764 g/mol. The predicted octanol–water partition coefficient (Wildman–Crippen LogP) is 9.79. The van der Waals surface area contributed by atoms with Crippen molar-refractivity contribution in [3.63, 3.8) is 0 Å². The van der Waals surface area contributed by atoms with E-state index in [-0.39, 0.29) is 52.9 Å². The Balaban J connectivity index is 0.00000135. The number of hydrogen-bond donors (Lipinski definition) is 0. The topological polar surface area (TPSA) is 0 Å². The van der Waals surface area contributed by atoms with Gasteiger partial charge >= 0.3 is 26.2 Å². The number of halogens is 2. The van der Waals surface area contributed by atoms with E-state index in [1.807, 2.05) is 0 Å². The zero-order valence-corrected chi connectivity index (χ0v) is 30.0. The van der Waals surface area contributed by atoms with E-state index in [0.717, 1.165) is 8.95 Å². The van der Waals surface area contributed by atoms with Crippen LogP contribution in [0.5, 0.6) is 0 Å². The zero-order valence-electron chi connectivity index (χ0n) is 23.5. The van der Waals surface area contributed by atoms with E-state index in [0.29, 0.717) is 0 Å². The molecule has 0 saturated carbocycles. The minimum Gasteiger partial charge on any atom is -0.358 e. The summed E-state index contributed by atoms with van der Waals surface area (Å²) in [5.74, 6) is 0.240. The second-order valence-corrected chi connectivity index (χ2v) is 13.6. The Bertz CT molecular complexity index is 1620. The van der Waals surface area contributed by atoms with Gasteiger partial charge in [0, 0.05) is 8.95 Å². The first-order chi connectivity index (χ1) is 19.2. The predicted molar refractivity (Wildman–Crippen MR) is 185 cm³/mol. The van der Waals surface area contributed by atoms with Crippen molar-refractivity contribution < 1.29 is 26.2 Å². The van der Waals surface area contributed by atoms with Crippen molar-refractivity contribution in [3.05, 3.63) is 185 Å².